The Labute approximate surface area is 138 Å². The Bertz CT molecular complexity index is 651. The van der Waals surface area contributed by atoms with Crippen LogP contribution in [0.1, 0.15) is 29.8 Å². The quantitative estimate of drug-likeness (QED) is 0.476. The smallest absolute Gasteiger partial charge is 0.267 e. The Morgan fingerprint density at radius 1 is 1.05 bits per heavy atom. The Kier molecular flexibility index (Phi) is 5.50. The minimum atomic E-state index is -0.192. The maximum Gasteiger partial charge on any atom is 0.271 e. The summed E-state index contributed by atoms with van der Waals surface area (Å²) in [5, 5.41) is 4.31. The first kappa shape index (κ1) is 15.7. The third-order valence-electron chi connectivity index (χ3n) is 2.98. The molecule has 2 aromatic carbocycles. The minimum Gasteiger partial charge on any atom is -0.267 e. The molecular formula is C17H17IN2O. The molecule has 0 aliphatic heterocycles. The lowest BCUT2D eigenvalue weighted by Gasteiger charge is -2.10. The van der Waals surface area contributed by atoms with Crippen LogP contribution in [-0.4, -0.2) is 11.6 Å². The molecule has 1 amide bonds. The fraction of sp³-hybridized carbons (Fsp3) is 0.176. The van der Waals surface area contributed by atoms with E-state index in [4.69, 9.17) is 0 Å². The summed E-state index contributed by atoms with van der Waals surface area (Å²) in [6.07, 6.45) is 0. The number of nitrogens with zero attached hydrogens (tertiary/aromatic N) is 1. The molecule has 0 aliphatic carbocycles. The zero-order valence-corrected chi connectivity index (χ0v) is 14.2. The predicted octanol–water partition coefficient (Wildman–Crippen LogP) is 4.08. The second kappa shape index (κ2) is 7.36. The van der Waals surface area contributed by atoms with Gasteiger partial charge in [0.15, 0.2) is 0 Å². The van der Waals surface area contributed by atoms with Crippen LogP contribution in [0.15, 0.2) is 59.7 Å². The molecule has 0 bridgehead atoms. The summed E-state index contributed by atoms with van der Waals surface area (Å²) in [6.45, 7) is 4.12. The molecule has 0 atom stereocenters. The second-order valence-electron chi connectivity index (χ2n) is 4.97. The van der Waals surface area contributed by atoms with Crippen LogP contribution in [0.3, 0.4) is 0 Å². The van der Waals surface area contributed by atoms with Gasteiger partial charge in [-0.2, -0.15) is 5.10 Å². The lowest BCUT2D eigenvalue weighted by Crippen LogP contribution is -2.22. The molecule has 0 heterocycles. The van der Waals surface area contributed by atoms with Crippen molar-refractivity contribution in [3.05, 3.63) is 69.3 Å². The summed E-state index contributed by atoms with van der Waals surface area (Å²) in [4.78, 5) is 12.1. The molecule has 0 saturated carbocycles. The third-order valence-corrected chi connectivity index (χ3v) is 3.65. The van der Waals surface area contributed by atoms with Crippen LogP contribution >= 0.6 is 22.6 Å². The number of hydrogen-bond donors (Lipinski definition) is 1. The summed E-state index contributed by atoms with van der Waals surface area (Å²) in [7, 11) is 0. The standard InChI is InChI=1S/C17H17IN2O/c1-12(2)16(13-7-4-3-5-8-13)19-20-17(21)14-9-6-10-15(18)11-14/h3-12H,1-2H3,(H,20,21). The molecular weight excluding hydrogens is 375 g/mol. The van der Waals surface area contributed by atoms with Crippen molar-refractivity contribution < 1.29 is 4.79 Å². The van der Waals surface area contributed by atoms with Crippen LogP contribution in [0.4, 0.5) is 0 Å². The summed E-state index contributed by atoms with van der Waals surface area (Å²) < 4.78 is 1.02. The van der Waals surface area contributed by atoms with Gasteiger partial charge >= 0.3 is 0 Å². The molecule has 2 aromatic rings. The summed E-state index contributed by atoms with van der Waals surface area (Å²) >= 11 is 2.18. The van der Waals surface area contributed by atoms with E-state index < -0.39 is 0 Å². The molecule has 0 unspecified atom stereocenters. The van der Waals surface area contributed by atoms with Crippen LogP contribution in [0.2, 0.25) is 0 Å². The molecule has 3 nitrogen and oxygen atoms in total. The monoisotopic (exact) mass is 392 g/mol. The first-order valence-corrected chi connectivity index (χ1v) is 7.84. The number of nitrogens with one attached hydrogen (secondary N) is 1. The van der Waals surface area contributed by atoms with E-state index in [2.05, 4.69) is 47.0 Å². The van der Waals surface area contributed by atoms with E-state index >= 15 is 0 Å². The van der Waals surface area contributed by atoms with Crippen LogP contribution in [0.5, 0.6) is 0 Å². The molecule has 21 heavy (non-hydrogen) atoms. The maximum absolute atomic E-state index is 12.1. The Morgan fingerprint density at radius 3 is 2.33 bits per heavy atom. The average molecular weight is 392 g/mol. The highest BCUT2D eigenvalue weighted by molar-refractivity contribution is 14.1. The van der Waals surface area contributed by atoms with E-state index in [1.807, 2.05) is 48.5 Å². The van der Waals surface area contributed by atoms with Gasteiger partial charge in [0.2, 0.25) is 0 Å². The van der Waals surface area contributed by atoms with Crippen molar-refractivity contribution in [2.75, 3.05) is 0 Å². The lowest BCUT2D eigenvalue weighted by molar-refractivity contribution is 0.0954. The molecule has 0 aromatic heterocycles. The fourth-order valence-electron chi connectivity index (χ4n) is 1.94. The molecule has 0 radical (unpaired) electrons. The molecule has 4 heteroatoms. The highest BCUT2D eigenvalue weighted by Gasteiger charge is 2.10. The highest BCUT2D eigenvalue weighted by atomic mass is 127. The number of benzene rings is 2. The second-order valence-corrected chi connectivity index (χ2v) is 6.21. The number of hydrazone groups is 1. The fourth-order valence-corrected chi connectivity index (χ4v) is 2.48. The van der Waals surface area contributed by atoms with Crippen LogP contribution < -0.4 is 5.43 Å². The van der Waals surface area contributed by atoms with Gasteiger partial charge in [0.1, 0.15) is 0 Å². The summed E-state index contributed by atoms with van der Waals surface area (Å²) in [5.41, 5.74) is 5.16. The van der Waals surface area contributed by atoms with Gasteiger partial charge in [0.25, 0.3) is 5.91 Å². The average Bonchev–Trinajstić information content (AvgIpc) is 2.48. The zero-order chi connectivity index (χ0) is 15.2. The molecule has 0 spiro atoms. The van der Waals surface area contributed by atoms with Crippen molar-refractivity contribution in [3.8, 4) is 0 Å². The topological polar surface area (TPSA) is 41.5 Å². The van der Waals surface area contributed by atoms with Crippen molar-refractivity contribution in [1.29, 1.82) is 0 Å². The normalized spacial score (nSPS) is 11.5. The van der Waals surface area contributed by atoms with Crippen LogP contribution in [-0.2, 0) is 0 Å². The van der Waals surface area contributed by atoms with Crippen molar-refractivity contribution >= 4 is 34.2 Å². The molecule has 0 fully saturated rings. The van der Waals surface area contributed by atoms with Crippen molar-refractivity contribution in [3.63, 3.8) is 0 Å². The van der Waals surface area contributed by atoms with Gasteiger partial charge in [0, 0.05) is 9.13 Å². The van der Waals surface area contributed by atoms with Crippen molar-refractivity contribution in [2.45, 2.75) is 13.8 Å². The first-order valence-electron chi connectivity index (χ1n) is 6.77. The van der Waals surface area contributed by atoms with Gasteiger partial charge in [-0.25, -0.2) is 5.43 Å². The van der Waals surface area contributed by atoms with E-state index in [0.717, 1.165) is 14.8 Å². The lowest BCUT2D eigenvalue weighted by atomic mass is 10.0. The Hall–Kier alpha value is -1.69. The van der Waals surface area contributed by atoms with Gasteiger partial charge in [-0.15, -0.1) is 0 Å². The SMILES string of the molecule is CC(C)C(=NNC(=O)c1cccc(I)c1)c1ccccc1. The van der Waals surface area contributed by atoms with Gasteiger partial charge in [-0.05, 0) is 52.3 Å². The van der Waals surface area contributed by atoms with E-state index in [1.54, 1.807) is 6.07 Å². The van der Waals surface area contributed by atoms with Gasteiger partial charge < -0.3 is 0 Å². The molecule has 1 N–H and O–H groups in total. The summed E-state index contributed by atoms with van der Waals surface area (Å²) in [5.74, 6) is 0.0335. The van der Waals surface area contributed by atoms with Gasteiger partial charge in [-0.3, -0.25) is 4.79 Å². The van der Waals surface area contributed by atoms with Gasteiger partial charge in [0.05, 0.1) is 5.71 Å². The van der Waals surface area contributed by atoms with E-state index in [1.165, 1.54) is 0 Å². The van der Waals surface area contributed by atoms with Crippen molar-refractivity contribution in [2.24, 2.45) is 11.0 Å². The van der Waals surface area contributed by atoms with Crippen LogP contribution in [0.25, 0.3) is 0 Å². The van der Waals surface area contributed by atoms with E-state index in [9.17, 15) is 4.79 Å². The number of carbonyl (C=O) groups is 1. The Morgan fingerprint density at radius 2 is 1.71 bits per heavy atom. The number of amides is 1. The molecule has 2 rings (SSSR count). The van der Waals surface area contributed by atoms with E-state index in [-0.39, 0.29) is 11.8 Å². The number of hydrogen-bond acceptors (Lipinski definition) is 2. The maximum atomic E-state index is 12.1. The molecule has 108 valence electrons. The largest absolute Gasteiger partial charge is 0.271 e. The summed E-state index contributed by atoms with van der Waals surface area (Å²) in [6, 6.07) is 17.3. The first-order chi connectivity index (χ1) is 10.1. The van der Waals surface area contributed by atoms with E-state index in [0.29, 0.717) is 5.56 Å². The highest BCUT2D eigenvalue weighted by Crippen LogP contribution is 2.10. The molecule has 0 aliphatic rings. The van der Waals surface area contributed by atoms with Crippen molar-refractivity contribution in [1.82, 2.24) is 5.43 Å². The van der Waals surface area contributed by atoms with Crippen LogP contribution in [0, 0.1) is 9.49 Å². The Balaban J connectivity index is 2.19. The number of halogens is 1. The number of rotatable bonds is 4. The number of carbonyl (C=O) groups excluding carboxylic acids is 1. The third kappa shape index (κ3) is 4.39. The minimum absolute atomic E-state index is 0.192. The molecule has 0 saturated heterocycles. The van der Waals surface area contributed by atoms with Gasteiger partial charge in [-0.1, -0.05) is 50.2 Å². The predicted molar refractivity (Wildman–Crippen MR) is 94.4 cm³/mol. The zero-order valence-electron chi connectivity index (χ0n) is 12.0.